The van der Waals surface area contributed by atoms with Gasteiger partial charge in [-0.1, -0.05) is 48.5 Å². The number of nitrogens with zero attached hydrogens (tertiary/aromatic N) is 2. The highest BCUT2D eigenvalue weighted by molar-refractivity contribution is 5.97. The van der Waals surface area contributed by atoms with E-state index >= 15 is 0 Å². The largest absolute Gasteiger partial charge is 0.324 e. The average molecular weight is 458 g/mol. The fourth-order valence-corrected chi connectivity index (χ4v) is 3.49. The molecule has 0 fully saturated rings. The van der Waals surface area contributed by atoms with Gasteiger partial charge in [0.1, 0.15) is 17.7 Å². The molecule has 0 spiro atoms. The van der Waals surface area contributed by atoms with E-state index in [2.05, 4.69) is 21.0 Å². The molecule has 0 radical (unpaired) electrons. The van der Waals surface area contributed by atoms with Crippen LogP contribution in [-0.2, 0) is 9.59 Å². The Kier molecular flexibility index (Phi) is 7.10. The number of para-hydroxylation sites is 1. The second kappa shape index (κ2) is 10.5. The highest BCUT2D eigenvalue weighted by Gasteiger charge is 2.21. The number of carbonyl (C=O) groups is 2. The molecule has 4 rings (SSSR count). The van der Waals surface area contributed by atoms with Crippen molar-refractivity contribution in [1.29, 1.82) is 0 Å². The molecule has 1 heterocycles. The number of rotatable bonds is 8. The summed E-state index contributed by atoms with van der Waals surface area (Å²) < 4.78 is 14.8. The van der Waals surface area contributed by atoms with E-state index in [-0.39, 0.29) is 24.2 Å². The van der Waals surface area contributed by atoms with Crippen LogP contribution in [0.5, 0.6) is 0 Å². The van der Waals surface area contributed by atoms with Crippen molar-refractivity contribution in [2.45, 2.75) is 13.0 Å². The Morgan fingerprint density at radius 1 is 0.912 bits per heavy atom. The fourth-order valence-electron chi connectivity index (χ4n) is 3.49. The van der Waals surface area contributed by atoms with Crippen molar-refractivity contribution in [3.8, 4) is 5.69 Å². The Bertz CT molecular complexity index is 1260. The molecule has 0 saturated carbocycles. The molecule has 0 aliphatic carbocycles. The molecular weight excluding hydrogens is 433 g/mol. The van der Waals surface area contributed by atoms with Crippen LogP contribution in [0.25, 0.3) is 5.69 Å². The van der Waals surface area contributed by atoms with Gasteiger partial charge in [-0.15, -0.1) is 0 Å². The highest BCUT2D eigenvalue weighted by Crippen LogP contribution is 2.19. The number of anilines is 2. The molecule has 7 nitrogen and oxygen atoms in total. The van der Waals surface area contributed by atoms with Crippen LogP contribution < -0.4 is 16.0 Å². The first-order valence-corrected chi connectivity index (χ1v) is 10.8. The number of nitrogens with one attached hydrogen (secondary N) is 3. The molecule has 8 heteroatoms. The van der Waals surface area contributed by atoms with Gasteiger partial charge < -0.3 is 10.6 Å². The third-order valence-corrected chi connectivity index (χ3v) is 5.07. The molecule has 1 unspecified atom stereocenters. The average Bonchev–Trinajstić information content (AvgIpc) is 3.20. The first-order chi connectivity index (χ1) is 16.5. The Morgan fingerprint density at radius 2 is 1.56 bits per heavy atom. The Hall–Kier alpha value is -4.30. The van der Waals surface area contributed by atoms with E-state index in [0.29, 0.717) is 22.9 Å². The molecule has 0 bridgehead atoms. The number of hydrogen-bond donors (Lipinski definition) is 3. The van der Waals surface area contributed by atoms with E-state index < -0.39 is 6.04 Å². The lowest BCUT2D eigenvalue weighted by molar-refractivity contribution is -0.119. The van der Waals surface area contributed by atoms with E-state index in [4.69, 9.17) is 0 Å². The van der Waals surface area contributed by atoms with Crippen LogP contribution in [0.4, 0.5) is 15.9 Å². The molecular formula is C26H24FN5O2. The summed E-state index contributed by atoms with van der Waals surface area (Å²) in [5.74, 6) is -0.543. The predicted octanol–water partition coefficient (Wildman–Crippen LogP) is 4.23. The molecule has 172 valence electrons. The zero-order chi connectivity index (χ0) is 23.9. The smallest absolute Gasteiger partial charge is 0.246 e. The normalized spacial score (nSPS) is 11.6. The van der Waals surface area contributed by atoms with Crippen molar-refractivity contribution in [2.75, 3.05) is 17.2 Å². The van der Waals surface area contributed by atoms with Crippen molar-refractivity contribution >= 4 is 23.3 Å². The monoisotopic (exact) mass is 457 g/mol. The summed E-state index contributed by atoms with van der Waals surface area (Å²) in [6.45, 7) is 1.68. The van der Waals surface area contributed by atoms with Gasteiger partial charge in [-0.3, -0.25) is 14.9 Å². The molecule has 4 aromatic rings. The van der Waals surface area contributed by atoms with Crippen molar-refractivity contribution < 1.29 is 14.0 Å². The number of aryl methyl sites for hydroxylation is 1. The van der Waals surface area contributed by atoms with E-state index in [1.807, 2.05) is 48.5 Å². The summed E-state index contributed by atoms with van der Waals surface area (Å²) >= 11 is 0. The van der Waals surface area contributed by atoms with Crippen LogP contribution in [0.15, 0.2) is 91.0 Å². The van der Waals surface area contributed by atoms with Crippen molar-refractivity contribution in [2.24, 2.45) is 0 Å². The number of aromatic nitrogens is 2. The van der Waals surface area contributed by atoms with Gasteiger partial charge in [0, 0.05) is 11.8 Å². The molecule has 2 amide bonds. The van der Waals surface area contributed by atoms with Gasteiger partial charge in [0.2, 0.25) is 11.8 Å². The molecule has 1 aromatic heterocycles. The lowest BCUT2D eigenvalue weighted by Gasteiger charge is -2.19. The third-order valence-electron chi connectivity index (χ3n) is 5.07. The quantitative estimate of drug-likeness (QED) is 0.370. The summed E-state index contributed by atoms with van der Waals surface area (Å²) in [4.78, 5) is 25.8. The van der Waals surface area contributed by atoms with Crippen molar-refractivity contribution in [1.82, 2.24) is 15.1 Å². The number of benzene rings is 3. The summed E-state index contributed by atoms with van der Waals surface area (Å²) in [5, 5.41) is 13.1. The minimum absolute atomic E-state index is 0.116. The Labute approximate surface area is 196 Å². The lowest BCUT2D eigenvalue weighted by atomic mass is 10.1. The number of hydrogen-bond acceptors (Lipinski definition) is 4. The van der Waals surface area contributed by atoms with Crippen molar-refractivity contribution in [3.63, 3.8) is 0 Å². The van der Waals surface area contributed by atoms with Crippen LogP contribution in [0.3, 0.4) is 0 Å². The maximum atomic E-state index is 13.3. The zero-order valence-electron chi connectivity index (χ0n) is 18.5. The van der Waals surface area contributed by atoms with Gasteiger partial charge in [-0.25, -0.2) is 9.07 Å². The molecule has 0 aliphatic rings. The highest BCUT2D eigenvalue weighted by atomic mass is 19.1. The van der Waals surface area contributed by atoms with Gasteiger partial charge >= 0.3 is 0 Å². The first-order valence-electron chi connectivity index (χ1n) is 10.8. The van der Waals surface area contributed by atoms with E-state index in [1.165, 1.54) is 16.8 Å². The number of carbonyl (C=O) groups excluding carboxylic acids is 2. The maximum Gasteiger partial charge on any atom is 0.246 e. The Morgan fingerprint density at radius 3 is 2.24 bits per heavy atom. The van der Waals surface area contributed by atoms with Crippen LogP contribution >= 0.6 is 0 Å². The summed E-state index contributed by atoms with van der Waals surface area (Å²) in [5.41, 5.74) is 2.70. The van der Waals surface area contributed by atoms with E-state index in [1.54, 1.807) is 37.3 Å². The zero-order valence-corrected chi connectivity index (χ0v) is 18.5. The van der Waals surface area contributed by atoms with E-state index in [9.17, 15) is 14.0 Å². The number of amides is 2. The van der Waals surface area contributed by atoms with E-state index in [0.717, 1.165) is 5.56 Å². The summed E-state index contributed by atoms with van der Waals surface area (Å²) in [6.07, 6.45) is 0. The number of halogens is 1. The molecule has 3 aromatic carbocycles. The lowest BCUT2D eigenvalue weighted by Crippen LogP contribution is -2.38. The van der Waals surface area contributed by atoms with Crippen LogP contribution in [0, 0.1) is 12.7 Å². The van der Waals surface area contributed by atoms with Gasteiger partial charge in [-0.05, 0) is 48.9 Å². The molecule has 34 heavy (non-hydrogen) atoms. The van der Waals surface area contributed by atoms with Crippen LogP contribution in [0.1, 0.15) is 17.3 Å². The van der Waals surface area contributed by atoms with Crippen LogP contribution in [-0.4, -0.2) is 28.1 Å². The summed E-state index contributed by atoms with van der Waals surface area (Å²) in [7, 11) is 0. The SMILES string of the molecule is Cc1cc(NC(=O)CNC(C(=O)Nc2ccccc2)c2ccccc2)n(-c2ccc(F)cc2)n1. The standard InChI is InChI=1S/C26H24FN5O2/c1-18-16-23(32(31-18)22-14-12-20(27)13-15-22)30-24(33)17-28-25(19-8-4-2-5-9-19)26(34)29-21-10-6-3-7-11-21/h2-16,25,28H,17H2,1H3,(H,29,34)(H,30,33). The van der Waals surface area contributed by atoms with Crippen molar-refractivity contribution in [3.05, 3.63) is 108 Å². The van der Waals surface area contributed by atoms with Gasteiger partial charge in [0.15, 0.2) is 0 Å². The molecule has 0 saturated heterocycles. The van der Waals surface area contributed by atoms with Gasteiger partial charge in [0.05, 0.1) is 17.9 Å². The molecule has 0 aliphatic heterocycles. The first kappa shape index (κ1) is 22.9. The minimum atomic E-state index is -0.740. The second-order valence-corrected chi connectivity index (χ2v) is 7.69. The topological polar surface area (TPSA) is 88.0 Å². The van der Waals surface area contributed by atoms with Crippen LogP contribution in [0.2, 0.25) is 0 Å². The third kappa shape index (κ3) is 5.73. The fraction of sp³-hybridized carbons (Fsp3) is 0.115. The van der Waals surface area contributed by atoms with Gasteiger partial charge in [0.25, 0.3) is 0 Å². The Balaban J connectivity index is 1.46. The maximum absolute atomic E-state index is 13.3. The predicted molar refractivity (Wildman–Crippen MR) is 129 cm³/mol. The molecule has 3 N–H and O–H groups in total. The summed E-state index contributed by atoms with van der Waals surface area (Å²) in [6, 6.07) is 25.1. The minimum Gasteiger partial charge on any atom is -0.324 e. The van der Waals surface area contributed by atoms with Gasteiger partial charge in [-0.2, -0.15) is 5.10 Å². The molecule has 1 atom stereocenters. The second-order valence-electron chi connectivity index (χ2n) is 7.69.